The minimum Gasteiger partial charge on any atom is -0.450 e. The van der Waals surface area contributed by atoms with Crippen LogP contribution in [0.2, 0.25) is 0 Å². The standard InChI is InChI=1S/C6H12BO2S/c1-3-10-6(4-8)5(2)7-9/h8-9H,3-4H2,1-2H3/b6-5+. The molecule has 0 aromatic rings. The third-order valence-electron chi connectivity index (χ3n) is 1.10. The van der Waals surface area contributed by atoms with E-state index >= 15 is 0 Å². The molecule has 0 amide bonds. The first kappa shape index (κ1) is 10.1. The van der Waals surface area contributed by atoms with Crippen LogP contribution in [-0.4, -0.2) is 30.0 Å². The molecule has 0 saturated carbocycles. The van der Waals surface area contributed by atoms with E-state index in [-0.39, 0.29) is 6.61 Å². The van der Waals surface area contributed by atoms with Crippen molar-refractivity contribution in [1.29, 1.82) is 0 Å². The number of aliphatic hydroxyl groups excluding tert-OH is 1. The summed E-state index contributed by atoms with van der Waals surface area (Å²) in [7, 11) is 1.02. The summed E-state index contributed by atoms with van der Waals surface area (Å²) in [5, 5.41) is 17.3. The maximum Gasteiger partial charge on any atom is 0.322 e. The van der Waals surface area contributed by atoms with Gasteiger partial charge in [0.15, 0.2) is 0 Å². The first-order valence-corrected chi connectivity index (χ1v) is 4.15. The van der Waals surface area contributed by atoms with Gasteiger partial charge in [0.1, 0.15) is 0 Å². The molecular weight excluding hydrogens is 147 g/mol. The van der Waals surface area contributed by atoms with Crippen LogP contribution in [0.3, 0.4) is 0 Å². The van der Waals surface area contributed by atoms with E-state index in [4.69, 9.17) is 10.1 Å². The van der Waals surface area contributed by atoms with Gasteiger partial charge in [0.25, 0.3) is 0 Å². The molecule has 0 aromatic heterocycles. The molecule has 0 aliphatic heterocycles. The zero-order valence-electron chi connectivity index (χ0n) is 6.29. The summed E-state index contributed by atoms with van der Waals surface area (Å²) in [6, 6.07) is 0. The van der Waals surface area contributed by atoms with E-state index < -0.39 is 0 Å². The summed E-state index contributed by atoms with van der Waals surface area (Å²) < 4.78 is 0. The zero-order valence-corrected chi connectivity index (χ0v) is 7.11. The van der Waals surface area contributed by atoms with Gasteiger partial charge in [0, 0.05) is 4.91 Å². The zero-order chi connectivity index (χ0) is 7.98. The molecule has 0 heterocycles. The largest absolute Gasteiger partial charge is 0.450 e. The first-order chi connectivity index (χ1) is 4.76. The van der Waals surface area contributed by atoms with Crippen LogP contribution in [0.4, 0.5) is 0 Å². The molecule has 0 rings (SSSR count). The van der Waals surface area contributed by atoms with Crippen LogP contribution in [-0.2, 0) is 0 Å². The highest BCUT2D eigenvalue weighted by Crippen LogP contribution is 2.17. The van der Waals surface area contributed by atoms with Gasteiger partial charge in [-0.1, -0.05) is 12.4 Å². The minimum atomic E-state index is 0.0153. The van der Waals surface area contributed by atoms with Crippen molar-refractivity contribution in [3.63, 3.8) is 0 Å². The Balaban J connectivity index is 4.00. The molecule has 0 fully saturated rings. The summed E-state index contributed by atoms with van der Waals surface area (Å²) in [6.45, 7) is 3.79. The quantitative estimate of drug-likeness (QED) is 0.589. The van der Waals surface area contributed by atoms with E-state index in [1.54, 1.807) is 18.7 Å². The first-order valence-electron chi connectivity index (χ1n) is 3.17. The number of hydrogen-bond acceptors (Lipinski definition) is 3. The Bertz CT molecular complexity index is 125. The van der Waals surface area contributed by atoms with Crippen molar-refractivity contribution in [3.8, 4) is 0 Å². The summed E-state index contributed by atoms with van der Waals surface area (Å²) >= 11 is 1.55. The Hall–Kier alpha value is 0.0749. The molecule has 0 aromatic carbocycles. The SMILES string of the molecule is CCS/C(CO)=C(\C)[B]O. The average molecular weight is 159 g/mol. The van der Waals surface area contributed by atoms with E-state index in [0.717, 1.165) is 23.6 Å². The second kappa shape index (κ2) is 5.83. The van der Waals surface area contributed by atoms with Crippen molar-refractivity contribution < 1.29 is 10.1 Å². The molecule has 0 bridgehead atoms. The molecule has 0 spiro atoms. The highest BCUT2D eigenvalue weighted by Gasteiger charge is 2.00. The lowest BCUT2D eigenvalue weighted by Gasteiger charge is -2.03. The van der Waals surface area contributed by atoms with Crippen molar-refractivity contribution in [1.82, 2.24) is 0 Å². The van der Waals surface area contributed by atoms with Crippen LogP contribution in [0.25, 0.3) is 0 Å². The van der Waals surface area contributed by atoms with E-state index in [9.17, 15) is 0 Å². The van der Waals surface area contributed by atoms with Crippen molar-refractivity contribution >= 4 is 19.2 Å². The topological polar surface area (TPSA) is 40.5 Å². The Kier molecular flexibility index (Phi) is 5.87. The fraction of sp³-hybridized carbons (Fsp3) is 0.667. The maximum absolute atomic E-state index is 8.75. The second-order valence-electron chi connectivity index (χ2n) is 1.83. The molecule has 0 aliphatic carbocycles. The Morgan fingerprint density at radius 1 is 1.60 bits per heavy atom. The monoisotopic (exact) mass is 159 g/mol. The average Bonchev–Trinajstić information content (AvgIpc) is 1.99. The van der Waals surface area contributed by atoms with Crippen LogP contribution in [0.5, 0.6) is 0 Å². The van der Waals surface area contributed by atoms with E-state index in [1.807, 2.05) is 6.92 Å². The fourth-order valence-corrected chi connectivity index (χ4v) is 1.25. The van der Waals surface area contributed by atoms with Crippen LogP contribution in [0.1, 0.15) is 13.8 Å². The Morgan fingerprint density at radius 3 is 2.50 bits per heavy atom. The highest BCUT2D eigenvalue weighted by atomic mass is 32.2. The van der Waals surface area contributed by atoms with Gasteiger partial charge in [-0.25, -0.2) is 0 Å². The van der Waals surface area contributed by atoms with Gasteiger partial charge in [-0.15, -0.1) is 11.8 Å². The van der Waals surface area contributed by atoms with Gasteiger partial charge < -0.3 is 10.1 Å². The van der Waals surface area contributed by atoms with Crippen molar-refractivity contribution in [3.05, 3.63) is 10.4 Å². The lowest BCUT2D eigenvalue weighted by molar-refractivity contribution is 0.339. The molecule has 4 heteroatoms. The van der Waals surface area contributed by atoms with Crippen molar-refractivity contribution in [2.24, 2.45) is 0 Å². The number of thioether (sulfide) groups is 1. The van der Waals surface area contributed by atoms with Gasteiger partial charge in [-0.2, -0.15) is 0 Å². The highest BCUT2D eigenvalue weighted by molar-refractivity contribution is 8.03. The predicted molar refractivity (Wildman–Crippen MR) is 45.9 cm³/mol. The summed E-state index contributed by atoms with van der Waals surface area (Å²) in [6.07, 6.45) is 0. The minimum absolute atomic E-state index is 0.0153. The molecule has 2 N–H and O–H groups in total. The number of hydrogen-bond donors (Lipinski definition) is 2. The summed E-state index contributed by atoms with van der Waals surface area (Å²) in [5.74, 6) is 0.918. The maximum atomic E-state index is 8.75. The lowest BCUT2D eigenvalue weighted by atomic mass is 9.89. The molecule has 0 saturated heterocycles. The van der Waals surface area contributed by atoms with Gasteiger partial charge in [-0.05, 0) is 12.7 Å². The Morgan fingerprint density at radius 2 is 2.20 bits per heavy atom. The lowest BCUT2D eigenvalue weighted by Crippen LogP contribution is -1.98. The molecule has 57 valence electrons. The van der Waals surface area contributed by atoms with Gasteiger partial charge in [0.2, 0.25) is 0 Å². The summed E-state index contributed by atoms with van der Waals surface area (Å²) in [4.78, 5) is 0.838. The normalized spacial score (nSPS) is 12.8. The number of rotatable bonds is 4. The summed E-state index contributed by atoms with van der Waals surface area (Å²) in [5.41, 5.74) is 0.745. The molecule has 2 nitrogen and oxygen atoms in total. The fourth-order valence-electron chi connectivity index (χ4n) is 0.530. The van der Waals surface area contributed by atoms with Crippen LogP contribution in [0.15, 0.2) is 10.4 Å². The molecule has 0 atom stereocenters. The van der Waals surface area contributed by atoms with E-state index in [0.29, 0.717) is 0 Å². The van der Waals surface area contributed by atoms with Crippen LogP contribution in [0, 0.1) is 0 Å². The van der Waals surface area contributed by atoms with Gasteiger partial charge >= 0.3 is 7.48 Å². The number of aliphatic hydroxyl groups is 1. The number of allylic oxidation sites excluding steroid dienone is 1. The Labute approximate surface area is 66.6 Å². The molecular formula is C6H12BO2S. The van der Waals surface area contributed by atoms with Gasteiger partial charge in [0.05, 0.1) is 6.61 Å². The smallest absolute Gasteiger partial charge is 0.322 e. The molecule has 1 radical (unpaired) electrons. The van der Waals surface area contributed by atoms with Crippen molar-refractivity contribution in [2.45, 2.75) is 13.8 Å². The van der Waals surface area contributed by atoms with Crippen LogP contribution >= 0.6 is 11.8 Å². The third kappa shape index (κ3) is 3.30. The van der Waals surface area contributed by atoms with Gasteiger partial charge in [-0.3, -0.25) is 0 Å². The van der Waals surface area contributed by atoms with E-state index in [1.165, 1.54) is 0 Å². The van der Waals surface area contributed by atoms with Crippen molar-refractivity contribution in [2.75, 3.05) is 12.4 Å². The predicted octanol–water partition coefficient (Wildman–Crippen LogP) is 0.575. The second-order valence-corrected chi connectivity index (χ2v) is 3.19. The molecule has 10 heavy (non-hydrogen) atoms. The van der Waals surface area contributed by atoms with Crippen LogP contribution < -0.4 is 0 Å². The molecule has 0 unspecified atom stereocenters. The molecule has 0 aliphatic rings. The third-order valence-corrected chi connectivity index (χ3v) is 2.18. The van der Waals surface area contributed by atoms with E-state index in [2.05, 4.69) is 0 Å².